The van der Waals surface area contributed by atoms with Gasteiger partial charge >= 0.3 is 0 Å². The van der Waals surface area contributed by atoms with Crippen molar-refractivity contribution in [2.24, 2.45) is 17.8 Å². The summed E-state index contributed by atoms with van der Waals surface area (Å²) in [6.07, 6.45) is 6.63. The zero-order valence-electron chi connectivity index (χ0n) is 9.22. The smallest absolute Gasteiger partial charge is 0.0338 e. The lowest BCUT2D eigenvalue weighted by Crippen LogP contribution is -2.06. The summed E-state index contributed by atoms with van der Waals surface area (Å²) < 4.78 is 0. The Morgan fingerprint density at radius 2 is 1.92 bits per heavy atom. The Labute approximate surface area is 88.1 Å². The first-order chi connectivity index (χ1) is 6.08. The van der Waals surface area contributed by atoms with Gasteiger partial charge in [0.2, 0.25) is 0 Å². The Bertz CT molecular complexity index is 142. The summed E-state index contributed by atoms with van der Waals surface area (Å²) in [6.45, 7) is 7.01. The van der Waals surface area contributed by atoms with Crippen LogP contribution < -0.4 is 0 Å². The first-order valence-electron chi connectivity index (χ1n) is 5.72. The third-order valence-electron chi connectivity index (χ3n) is 3.09. The van der Waals surface area contributed by atoms with Crippen LogP contribution in [0, 0.1) is 17.8 Å². The van der Waals surface area contributed by atoms with Crippen LogP contribution in [-0.2, 0) is 0 Å². The summed E-state index contributed by atoms with van der Waals surface area (Å²) in [5, 5.41) is 0.451. The van der Waals surface area contributed by atoms with Crippen LogP contribution in [0.25, 0.3) is 0 Å². The molecule has 1 heteroatoms. The second-order valence-electron chi connectivity index (χ2n) is 5.25. The summed E-state index contributed by atoms with van der Waals surface area (Å²) in [4.78, 5) is 0. The van der Waals surface area contributed by atoms with E-state index in [-0.39, 0.29) is 0 Å². The zero-order valence-corrected chi connectivity index (χ0v) is 9.98. The van der Waals surface area contributed by atoms with Crippen LogP contribution in [0.4, 0.5) is 0 Å². The average molecular weight is 203 g/mol. The fourth-order valence-electron chi connectivity index (χ4n) is 2.63. The molecule has 0 aromatic heterocycles. The van der Waals surface area contributed by atoms with E-state index in [0.29, 0.717) is 5.38 Å². The van der Waals surface area contributed by atoms with E-state index in [1.54, 1.807) is 0 Å². The molecule has 3 unspecified atom stereocenters. The van der Waals surface area contributed by atoms with Crippen molar-refractivity contribution in [2.45, 2.75) is 58.3 Å². The van der Waals surface area contributed by atoms with Crippen LogP contribution in [0.15, 0.2) is 0 Å². The van der Waals surface area contributed by atoms with Crippen molar-refractivity contribution in [3.63, 3.8) is 0 Å². The van der Waals surface area contributed by atoms with Crippen LogP contribution in [0.1, 0.15) is 52.9 Å². The van der Waals surface area contributed by atoms with Gasteiger partial charge in [-0.2, -0.15) is 0 Å². The monoisotopic (exact) mass is 202 g/mol. The van der Waals surface area contributed by atoms with E-state index >= 15 is 0 Å². The highest BCUT2D eigenvalue weighted by Crippen LogP contribution is 2.33. The highest BCUT2D eigenvalue weighted by Gasteiger charge is 2.22. The third-order valence-corrected chi connectivity index (χ3v) is 3.48. The molecule has 0 nitrogen and oxygen atoms in total. The van der Waals surface area contributed by atoms with E-state index in [9.17, 15) is 0 Å². The van der Waals surface area contributed by atoms with Crippen molar-refractivity contribution in [2.75, 3.05) is 0 Å². The van der Waals surface area contributed by atoms with E-state index in [4.69, 9.17) is 11.6 Å². The normalized spacial score (nSPS) is 36.2. The molecule has 1 aliphatic rings. The maximum Gasteiger partial charge on any atom is 0.0338 e. The molecule has 0 spiro atoms. The van der Waals surface area contributed by atoms with Crippen LogP contribution in [0.3, 0.4) is 0 Å². The molecule has 0 heterocycles. The molecule has 13 heavy (non-hydrogen) atoms. The molecule has 1 fully saturated rings. The van der Waals surface area contributed by atoms with Crippen LogP contribution in [0.2, 0.25) is 0 Å². The molecule has 0 aliphatic heterocycles. The molecule has 78 valence electrons. The molecule has 0 saturated heterocycles. The summed E-state index contributed by atoms with van der Waals surface area (Å²) in [6, 6.07) is 0. The summed E-state index contributed by atoms with van der Waals surface area (Å²) in [5.74, 6) is 2.64. The van der Waals surface area contributed by atoms with Crippen molar-refractivity contribution in [3.05, 3.63) is 0 Å². The molecular formula is C12H23Cl. The van der Waals surface area contributed by atoms with Gasteiger partial charge in [-0.1, -0.05) is 20.8 Å². The van der Waals surface area contributed by atoms with Gasteiger partial charge in [0.15, 0.2) is 0 Å². The topological polar surface area (TPSA) is 0 Å². The summed E-state index contributed by atoms with van der Waals surface area (Å²) in [7, 11) is 0. The number of hydrogen-bond donors (Lipinski definition) is 0. The van der Waals surface area contributed by atoms with E-state index < -0.39 is 0 Å². The average Bonchev–Trinajstić information content (AvgIpc) is 2.11. The molecule has 0 amide bonds. The lowest BCUT2D eigenvalue weighted by Gasteiger charge is -2.18. The van der Waals surface area contributed by atoms with Gasteiger partial charge in [0.05, 0.1) is 0 Å². The van der Waals surface area contributed by atoms with Crippen molar-refractivity contribution >= 4 is 11.6 Å². The van der Waals surface area contributed by atoms with Gasteiger partial charge in [0.25, 0.3) is 0 Å². The van der Waals surface area contributed by atoms with Crippen LogP contribution >= 0.6 is 11.6 Å². The Morgan fingerprint density at radius 1 is 1.23 bits per heavy atom. The molecule has 1 aliphatic carbocycles. The minimum atomic E-state index is 0.451. The molecule has 0 aromatic rings. The summed E-state index contributed by atoms with van der Waals surface area (Å²) in [5.41, 5.74) is 0. The quantitative estimate of drug-likeness (QED) is 0.458. The molecule has 1 rings (SSSR count). The van der Waals surface area contributed by atoms with Crippen LogP contribution in [0.5, 0.6) is 0 Å². The van der Waals surface area contributed by atoms with E-state index in [1.807, 2.05) is 0 Å². The third kappa shape index (κ3) is 4.35. The minimum Gasteiger partial charge on any atom is -0.123 e. The number of rotatable bonds is 2. The molecule has 0 radical (unpaired) electrons. The molecule has 1 saturated carbocycles. The van der Waals surface area contributed by atoms with Crippen molar-refractivity contribution < 1.29 is 0 Å². The molecular weight excluding hydrogens is 180 g/mol. The number of alkyl halides is 1. The second-order valence-corrected chi connectivity index (χ2v) is 5.86. The van der Waals surface area contributed by atoms with E-state index in [0.717, 1.165) is 17.8 Å². The van der Waals surface area contributed by atoms with Gasteiger partial charge < -0.3 is 0 Å². The van der Waals surface area contributed by atoms with Gasteiger partial charge in [-0.25, -0.2) is 0 Å². The first kappa shape index (κ1) is 11.4. The molecule has 0 bridgehead atoms. The minimum absolute atomic E-state index is 0.451. The Morgan fingerprint density at radius 3 is 2.54 bits per heavy atom. The zero-order chi connectivity index (χ0) is 9.84. The lowest BCUT2D eigenvalue weighted by atomic mass is 9.88. The fraction of sp³-hybridized carbons (Fsp3) is 1.00. The summed E-state index contributed by atoms with van der Waals surface area (Å²) >= 11 is 6.22. The largest absolute Gasteiger partial charge is 0.123 e. The lowest BCUT2D eigenvalue weighted by molar-refractivity contribution is 0.334. The predicted molar refractivity (Wildman–Crippen MR) is 60.2 cm³/mol. The van der Waals surface area contributed by atoms with Gasteiger partial charge in [0.1, 0.15) is 0 Å². The van der Waals surface area contributed by atoms with Gasteiger partial charge in [0, 0.05) is 5.38 Å². The van der Waals surface area contributed by atoms with Crippen LogP contribution in [-0.4, -0.2) is 5.38 Å². The maximum atomic E-state index is 6.22. The first-order valence-corrected chi connectivity index (χ1v) is 6.15. The number of hydrogen-bond acceptors (Lipinski definition) is 0. The Kier molecular flexibility index (Phi) is 4.58. The van der Waals surface area contributed by atoms with E-state index in [2.05, 4.69) is 20.8 Å². The standard InChI is InChI=1S/C12H23Cl/c1-9(2)6-11-4-5-12(13)8-10(3)7-11/h9-12H,4-8H2,1-3H3. The molecule has 3 atom stereocenters. The number of halogens is 1. The van der Waals surface area contributed by atoms with E-state index in [1.165, 1.54) is 32.1 Å². The Balaban J connectivity index is 2.38. The van der Waals surface area contributed by atoms with Crippen molar-refractivity contribution in [1.29, 1.82) is 0 Å². The van der Waals surface area contributed by atoms with Gasteiger partial charge in [-0.05, 0) is 49.9 Å². The second kappa shape index (κ2) is 5.24. The van der Waals surface area contributed by atoms with Crippen molar-refractivity contribution in [3.8, 4) is 0 Å². The van der Waals surface area contributed by atoms with Gasteiger partial charge in [-0.15, -0.1) is 11.6 Å². The van der Waals surface area contributed by atoms with Crippen molar-refractivity contribution in [1.82, 2.24) is 0 Å². The SMILES string of the molecule is CC(C)CC1CCC(Cl)CC(C)C1. The highest BCUT2D eigenvalue weighted by atomic mass is 35.5. The predicted octanol–water partition coefficient (Wildman–Crippen LogP) is 4.47. The highest BCUT2D eigenvalue weighted by molar-refractivity contribution is 6.20. The molecule has 0 aromatic carbocycles. The van der Waals surface area contributed by atoms with Gasteiger partial charge in [-0.3, -0.25) is 0 Å². The fourth-order valence-corrected chi connectivity index (χ4v) is 3.07. The molecule has 0 N–H and O–H groups in total. The maximum absolute atomic E-state index is 6.22. The Hall–Kier alpha value is 0.290.